The van der Waals surface area contributed by atoms with Gasteiger partial charge in [-0.05, 0) is 48.0 Å². The molecule has 6 nitrogen and oxygen atoms in total. The number of carbonyl (C=O) groups is 2. The van der Waals surface area contributed by atoms with Gasteiger partial charge in [-0.3, -0.25) is 4.79 Å². The maximum Gasteiger partial charge on any atom is 0.319 e. The summed E-state index contributed by atoms with van der Waals surface area (Å²) in [4.78, 5) is 24.4. The number of hydrogen-bond acceptors (Lipinski definition) is 3. The second kappa shape index (κ2) is 9.23. The van der Waals surface area contributed by atoms with Crippen molar-refractivity contribution in [1.29, 1.82) is 0 Å². The van der Waals surface area contributed by atoms with Crippen molar-refractivity contribution in [3.63, 3.8) is 0 Å². The minimum atomic E-state index is -0.331. The van der Waals surface area contributed by atoms with Crippen LogP contribution in [0.5, 0.6) is 5.75 Å². The first kappa shape index (κ1) is 19.0. The number of amides is 3. The zero-order valence-electron chi connectivity index (χ0n) is 15.4. The maximum absolute atomic E-state index is 12.2. The van der Waals surface area contributed by atoms with Crippen LogP contribution in [0.1, 0.15) is 15.9 Å². The molecular weight excluding hydrogens is 354 g/mol. The Labute approximate surface area is 163 Å². The monoisotopic (exact) mass is 375 g/mol. The van der Waals surface area contributed by atoms with Gasteiger partial charge in [-0.25, -0.2) is 4.79 Å². The number of anilines is 2. The fourth-order valence-corrected chi connectivity index (χ4v) is 2.57. The molecule has 3 amide bonds. The lowest BCUT2D eigenvalue weighted by atomic mass is 10.2. The zero-order chi connectivity index (χ0) is 19.8. The van der Waals surface area contributed by atoms with Crippen LogP contribution in [0, 0.1) is 0 Å². The van der Waals surface area contributed by atoms with Crippen molar-refractivity contribution in [2.45, 2.75) is 6.54 Å². The largest absolute Gasteiger partial charge is 0.497 e. The number of ether oxygens (including phenoxy) is 1. The van der Waals surface area contributed by atoms with E-state index in [-0.39, 0.29) is 11.9 Å². The second-order valence-corrected chi connectivity index (χ2v) is 6.06. The fraction of sp³-hybridized carbons (Fsp3) is 0.0909. The number of carbonyl (C=O) groups excluding carboxylic acids is 2. The molecule has 0 aliphatic carbocycles. The summed E-state index contributed by atoms with van der Waals surface area (Å²) in [6.45, 7) is 0.389. The molecule has 3 rings (SSSR count). The molecule has 3 N–H and O–H groups in total. The van der Waals surface area contributed by atoms with E-state index in [2.05, 4.69) is 16.0 Å². The van der Waals surface area contributed by atoms with Gasteiger partial charge < -0.3 is 20.7 Å². The molecule has 3 aromatic rings. The molecular formula is C22H21N3O3. The van der Waals surface area contributed by atoms with E-state index in [4.69, 9.17) is 4.74 Å². The summed E-state index contributed by atoms with van der Waals surface area (Å²) in [7, 11) is 1.61. The SMILES string of the molecule is COc1ccc(CNC(=O)Nc2cccc(NC(=O)c3ccccc3)c2)cc1. The Morgan fingerprint density at radius 1 is 0.821 bits per heavy atom. The predicted molar refractivity (Wildman–Crippen MR) is 110 cm³/mol. The molecule has 28 heavy (non-hydrogen) atoms. The number of urea groups is 1. The number of nitrogens with one attached hydrogen (secondary N) is 3. The minimum absolute atomic E-state index is 0.207. The molecule has 0 saturated heterocycles. The topological polar surface area (TPSA) is 79.5 Å². The van der Waals surface area contributed by atoms with Gasteiger partial charge in [-0.1, -0.05) is 36.4 Å². The van der Waals surface area contributed by atoms with E-state index in [1.54, 1.807) is 55.6 Å². The van der Waals surface area contributed by atoms with Crippen LogP contribution in [0.25, 0.3) is 0 Å². The van der Waals surface area contributed by atoms with Crippen LogP contribution in [-0.2, 0) is 6.54 Å². The summed E-state index contributed by atoms with van der Waals surface area (Å²) in [6.07, 6.45) is 0. The van der Waals surface area contributed by atoms with Crippen molar-refractivity contribution in [3.05, 3.63) is 90.0 Å². The average Bonchev–Trinajstić information content (AvgIpc) is 2.73. The Morgan fingerprint density at radius 3 is 2.18 bits per heavy atom. The van der Waals surface area contributed by atoms with Gasteiger partial charge in [0.15, 0.2) is 0 Å². The van der Waals surface area contributed by atoms with Crippen LogP contribution in [0.15, 0.2) is 78.9 Å². The highest BCUT2D eigenvalue weighted by molar-refractivity contribution is 6.04. The highest BCUT2D eigenvalue weighted by atomic mass is 16.5. The third-order valence-corrected chi connectivity index (χ3v) is 4.03. The Morgan fingerprint density at radius 2 is 1.50 bits per heavy atom. The normalized spacial score (nSPS) is 10.0. The molecule has 0 aromatic heterocycles. The number of rotatable bonds is 6. The smallest absolute Gasteiger partial charge is 0.319 e. The summed E-state index contributed by atoms with van der Waals surface area (Å²) in [5.41, 5.74) is 2.71. The molecule has 142 valence electrons. The Kier molecular flexibility index (Phi) is 6.25. The molecule has 0 saturated carbocycles. The number of methoxy groups -OCH3 is 1. The minimum Gasteiger partial charge on any atom is -0.497 e. The van der Waals surface area contributed by atoms with Crippen LogP contribution in [0.3, 0.4) is 0 Å². The van der Waals surface area contributed by atoms with Crippen molar-refractivity contribution in [2.75, 3.05) is 17.7 Å². The molecule has 0 unspecified atom stereocenters. The fourth-order valence-electron chi connectivity index (χ4n) is 2.57. The third kappa shape index (κ3) is 5.35. The summed E-state index contributed by atoms with van der Waals surface area (Å²) in [6, 6.07) is 23.1. The van der Waals surface area contributed by atoms with Crippen LogP contribution >= 0.6 is 0 Å². The molecule has 0 aliphatic rings. The van der Waals surface area contributed by atoms with Crippen LogP contribution in [0.4, 0.5) is 16.2 Å². The average molecular weight is 375 g/mol. The van der Waals surface area contributed by atoms with Gasteiger partial charge in [-0.15, -0.1) is 0 Å². The lowest BCUT2D eigenvalue weighted by molar-refractivity contribution is 0.102. The van der Waals surface area contributed by atoms with Gasteiger partial charge in [0.05, 0.1) is 7.11 Å². The first-order chi connectivity index (χ1) is 13.6. The van der Waals surface area contributed by atoms with Gasteiger partial charge in [0.25, 0.3) is 5.91 Å². The van der Waals surface area contributed by atoms with E-state index in [1.807, 2.05) is 30.3 Å². The number of hydrogen-bond donors (Lipinski definition) is 3. The Hall–Kier alpha value is -3.80. The van der Waals surface area contributed by atoms with Gasteiger partial charge in [-0.2, -0.15) is 0 Å². The molecule has 0 radical (unpaired) electrons. The van der Waals surface area contributed by atoms with E-state index in [1.165, 1.54) is 0 Å². The van der Waals surface area contributed by atoms with E-state index < -0.39 is 0 Å². The summed E-state index contributed by atoms with van der Waals surface area (Å²) < 4.78 is 5.11. The second-order valence-electron chi connectivity index (χ2n) is 6.06. The molecule has 3 aromatic carbocycles. The van der Waals surface area contributed by atoms with E-state index >= 15 is 0 Å². The summed E-state index contributed by atoms with van der Waals surface area (Å²) in [5.74, 6) is 0.560. The molecule has 0 bridgehead atoms. The Balaban J connectivity index is 1.54. The quantitative estimate of drug-likeness (QED) is 0.602. The Bertz CT molecular complexity index is 941. The van der Waals surface area contributed by atoms with Crippen molar-refractivity contribution >= 4 is 23.3 Å². The third-order valence-electron chi connectivity index (χ3n) is 4.03. The van der Waals surface area contributed by atoms with Gasteiger partial charge in [0, 0.05) is 23.5 Å². The lowest BCUT2D eigenvalue weighted by Crippen LogP contribution is -2.28. The van der Waals surface area contributed by atoms with Gasteiger partial charge in [0.1, 0.15) is 5.75 Å². The number of benzene rings is 3. The molecule has 0 fully saturated rings. The van der Waals surface area contributed by atoms with Crippen molar-refractivity contribution in [1.82, 2.24) is 5.32 Å². The standard InChI is InChI=1S/C22H21N3O3/c1-28-20-12-10-16(11-13-20)15-23-22(27)25-19-9-5-8-18(14-19)24-21(26)17-6-3-2-4-7-17/h2-14H,15H2,1H3,(H,24,26)(H2,23,25,27). The first-order valence-corrected chi connectivity index (χ1v) is 8.78. The molecule has 0 atom stereocenters. The van der Waals surface area contributed by atoms with Gasteiger partial charge in [0.2, 0.25) is 0 Å². The molecule has 6 heteroatoms. The maximum atomic E-state index is 12.2. The van der Waals surface area contributed by atoms with Crippen molar-refractivity contribution in [2.24, 2.45) is 0 Å². The van der Waals surface area contributed by atoms with Crippen molar-refractivity contribution < 1.29 is 14.3 Å². The van der Waals surface area contributed by atoms with Crippen LogP contribution < -0.4 is 20.7 Å². The van der Waals surface area contributed by atoms with Gasteiger partial charge >= 0.3 is 6.03 Å². The first-order valence-electron chi connectivity index (χ1n) is 8.78. The zero-order valence-corrected chi connectivity index (χ0v) is 15.4. The van der Waals surface area contributed by atoms with E-state index in [9.17, 15) is 9.59 Å². The highest BCUT2D eigenvalue weighted by Gasteiger charge is 2.07. The van der Waals surface area contributed by atoms with E-state index in [0.29, 0.717) is 23.5 Å². The molecule has 0 heterocycles. The van der Waals surface area contributed by atoms with Crippen molar-refractivity contribution in [3.8, 4) is 5.75 Å². The lowest BCUT2D eigenvalue weighted by Gasteiger charge is -2.10. The molecule has 0 spiro atoms. The van der Waals surface area contributed by atoms with Crippen LogP contribution in [-0.4, -0.2) is 19.0 Å². The highest BCUT2D eigenvalue weighted by Crippen LogP contribution is 2.16. The summed E-state index contributed by atoms with van der Waals surface area (Å²) >= 11 is 0. The summed E-state index contributed by atoms with van der Waals surface area (Å²) in [5, 5.41) is 8.37. The van der Waals surface area contributed by atoms with Crippen LogP contribution in [0.2, 0.25) is 0 Å². The predicted octanol–water partition coefficient (Wildman–Crippen LogP) is 4.27. The molecule has 0 aliphatic heterocycles. The van der Waals surface area contributed by atoms with E-state index in [0.717, 1.165) is 11.3 Å².